The number of nitrogens with one attached hydrogen (secondary N) is 1. The van der Waals surface area contributed by atoms with Crippen LogP contribution in [0.2, 0.25) is 0 Å². The highest BCUT2D eigenvalue weighted by Crippen LogP contribution is 2.11. The Morgan fingerprint density at radius 2 is 2.10 bits per heavy atom. The lowest BCUT2D eigenvalue weighted by atomic mass is 10.2. The Labute approximate surface area is 120 Å². The number of likely N-dealkylation sites (N-methyl/N-ethyl adjacent to an activating group) is 1. The van der Waals surface area contributed by atoms with Crippen molar-refractivity contribution in [1.82, 2.24) is 15.2 Å². The van der Waals surface area contributed by atoms with Crippen molar-refractivity contribution < 1.29 is 4.42 Å². The molecule has 2 aromatic heterocycles. The van der Waals surface area contributed by atoms with Crippen LogP contribution in [0.15, 0.2) is 47.3 Å². The smallest absolute Gasteiger partial charge is 0.120 e. The fraction of sp³-hybridized carbons (Fsp3) is 0.438. The van der Waals surface area contributed by atoms with E-state index in [0.29, 0.717) is 0 Å². The molecular formula is C16H23N3O. The second-order valence-corrected chi connectivity index (χ2v) is 4.92. The van der Waals surface area contributed by atoms with Crippen molar-refractivity contribution in [3.8, 4) is 0 Å². The van der Waals surface area contributed by atoms with Crippen molar-refractivity contribution in [2.75, 3.05) is 19.6 Å². The lowest BCUT2D eigenvalue weighted by Crippen LogP contribution is -2.32. The predicted octanol–water partition coefficient (Wildman–Crippen LogP) is 2.85. The van der Waals surface area contributed by atoms with E-state index in [0.717, 1.165) is 31.9 Å². The molecule has 0 aliphatic rings. The lowest BCUT2D eigenvalue weighted by molar-refractivity contribution is 0.272. The lowest BCUT2D eigenvalue weighted by Gasteiger charge is -2.21. The van der Waals surface area contributed by atoms with Gasteiger partial charge >= 0.3 is 0 Å². The summed E-state index contributed by atoms with van der Waals surface area (Å²) in [4.78, 5) is 6.46. The van der Waals surface area contributed by atoms with Gasteiger partial charge in [-0.25, -0.2) is 0 Å². The highest BCUT2D eigenvalue weighted by Gasteiger charge is 2.08. The van der Waals surface area contributed by atoms with E-state index >= 15 is 0 Å². The van der Waals surface area contributed by atoms with Gasteiger partial charge in [0.2, 0.25) is 0 Å². The summed E-state index contributed by atoms with van der Waals surface area (Å²) < 4.78 is 5.39. The standard InChI is InChI=1S/C16H23N3O/c1-3-19(13-15-6-8-17-9-7-15)11-10-18-14(2)16-5-4-12-20-16/h4-9,12,14,18H,3,10-11,13H2,1-2H3. The van der Waals surface area contributed by atoms with Crippen LogP contribution in [0.4, 0.5) is 0 Å². The molecule has 1 atom stereocenters. The first-order valence-electron chi connectivity index (χ1n) is 7.17. The number of hydrogen-bond donors (Lipinski definition) is 1. The monoisotopic (exact) mass is 273 g/mol. The number of aromatic nitrogens is 1. The first kappa shape index (κ1) is 14.8. The number of pyridine rings is 1. The number of nitrogens with zero attached hydrogens (tertiary/aromatic N) is 2. The fourth-order valence-electron chi connectivity index (χ4n) is 2.17. The van der Waals surface area contributed by atoms with Crippen LogP contribution in [-0.2, 0) is 6.54 Å². The SMILES string of the molecule is CCN(CCNC(C)c1ccco1)Cc1ccncc1. The molecule has 0 aliphatic heterocycles. The van der Waals surface area contributed by atoms with Crippen LogP contribution in [0.5, 0.6) is 0 Å². The van der Waals surface area contributed by atoms with Gasteiger partial charge in [-0.2, -0.15) is 0 Å². The second-order valence-electron chi connectivity index (χ2n) is 4.92. The van der Waals surface area contributed by atoms with E-state index in [1.54, 1.807) is 6.26 Å². The number of rotatable bonds is 8. The highest BCUT2D eigenvalue weighted by molar-refractivity contribution is 5.09. The molecule has 0 saturated carbocycles. The summed E-state index contributed by atoms with van der Waals surface area (Å²) >= 11 is 0. The van der Waals surface area contributed by atoms with Gasteiger partial charge in [0.25, 0.3) is 0 Å². The average molecular weight is 273 g/mol. The maximum Gasteiger partial charge on any atom is 0.120 e. The summed E-state index contributed by atoms with van der Waals surface area (Å²) in [5.74, 6) is 0.988. The zero-order chi connectivity index (χ0) is 14.2. The summed E-state index contributed by atoms with van der Waals surface area (Å²) in [5.41, 5.74) is 1.31. The van der Waals surface area contributed by atoms with Gasteiger partial charge in [-0.15, -0.1) is 0 Å². The Morgan fingerprint density at radius 1 is 1.30 bits per heavy atom. The van der Waals surface area contributed by atoms with Crippen molar-refractivity contribution in [2.24, 2.45) is 0 Å². The minimum absolute atomic E-state index is 0.254. The number of hydrogen-bond acceptors (Lipinski definition) is 4. The Bertz CT molecular complexity index is 470. The van der Waals surface area contributed by atoms with Crippen LogP contribution in [0.1, 0.15) is 31.2 Å². The summed E-state index contributed by atoms with van der Waals surface area (Å²) in [7, 11) is 0. The van der Waals surface area contributed by atoms with Gasteiger partial charge in [-0.3, -0.25) is 9.88 Å². The first-order valence-corrected chi connectivity index (χ1v) is 7.17. The summed E-state index contributed by atoms with van der Waals surface area (Å²) in [5, 5.41) is 3.49. The molecule has 0 aliphatic carbocycles. The topological polar surface area (TPSA) is 41.3 Å². The molecule has 20 heavy (non-hydrogen) atoms. The normalized spacial score (nSPS) is 12.8. The molecule has 108 valence electrons. The molecule has 1 N–H and O–H groups in total. The molecule has 0 aromatic carbocycles. The van der Waals surface area contributed by atoms with Crippen LogP contribution in [0.25, 0.3) is 0 Å². The highest BCUT2D eigenvalue weighted by atomic mass is 16.3. The van der Waals surface area contributed by atoms with Crippen LogP contribution in [0.3, 0.4) is 0 Å². The van der Waals surface area contributed by atoms with Crippen molar-refractivity contribution >= 4 is 0 Å². The second kappa shape index (κ2) is 7.82. The van der Waals surface area contributed by atoms with Gasteiger partial charge in [-0.1, -0.05) is 6.92 Å². The maximum atomic E-state index is 5.39. The van der Waals surface area contributed by atoms with Crippen molar-refractivity contribution in [1.29, 1.82) is 0 Å². The van der Waals surface area contributed by atoms with E-state index in [9.17, 15) is 0 Å². The van der Waals surface area contributed by atoms with Crippen molar-refractivity contribution in [3.05, 3.63) is 54.2 Å². The van der Waals surface area contributed by atoms with Crippen LogP contribution in [0, 0.1) is 0 Å². The van der Waals surface area contributed by atoms with Crippen molar-refractivity contribution in [2.45, 2.75) is 26.4 Å². The largest absolute Gasteiger partial charge is 0.468 e. The zero-order valence-corrected chi connectivity index (χ0v) is 12.2. The molecule has 4 heteroatoms. The van der Waals surface area contributed by atoms with Crippen LogP contribution >= 0.6 is 0 Å². The molecule has 0 saturated heterocycles. The molecule has 0 fully saturated rings. The molecule has 2 rings (SSSR count). The van der Waals surface area contributed by atoms with Gasteiger partial charge in [0, 0.05) is 32.0 Å². The van der Waals surface area contributed by atoms with E-state index < -0.39 is 0 Å². The molecule has 0 bridgehead atoms. The van der Waals surface area contributed by atoms with Gasteiger partial charge in [0.1, 0.15) is 5.76 Å². The maximum absolute atomic E-state index is 5.39. The van der Waals surface area contributed by atoms with Gasteiger partial charge in [-0.05, 0) is 43.3 Å². The molecule has 0 amide bonds. The fourth-order valence-corrected chi connectivity index (χ4v) is 2.17. The first-order chi connectivity index (χ1) is 9.79. The third kappa shape index (κ3) is 4.47. The minimum atomic E-state index is 0.254. The number of furan rings is 1. The third-order valence-electron chi connectivity index (χ3n) is 3.45. The van der Waals surface area contributed by atoms with Crippen LogP contribution < -0.4 is 5.32 Å². The van der Waals surface area contributed by atoms with Crippen LogP contribution in [-0.4, -0.2) is 29.5 Å². The summed E-state index contributed by atoms with van der Waals surface area (Å²) in [6, 6.07) is 8.33. The van der Waals surface area contributed by atoms with E-state index in [1.165, 1.54) is 5.56 Å². The minimum Gasteiger partial charge on any atom is -0.468 e. The molecule has 4 nitrogen and oxygen atoms in total. The predicted molar refractivity (Wildman–Crippen MR) is 80.3 cm³/mol. The Hall–Kier alpha value is -1.65. The summed E-state index contributed by atoms with van der Waals surface area (Å²) in [6.45, 7) is 8.29. The molecule has 2 aromatic rings. The van der Waals surface area contributed by atoms with Crippen molar-refractivity contribution in [3.63, 3.8) is 0 Å². The van der Waals surface area contributed by atoms with E-state index in [1.807, 2.05) is 24.5 Å². The van der Waals surface area contributed by atoms with Gasteiger partial charge in [0.15, 0.2) is 0 Å². The molecule has 2 heterocycles. The van der Waals surface area contributed by atoms with E-state index in [-0.39, 0.29) is 6.04 Å². The Balaban J connectivity index is 1.74. The molecule has 0 radical (unpaired) electrons. The zero-order valence-electron chi connectivity index (χ0n) is 12.2. The molecule has 0 spiro atoms. The third-order valence-corrected chi connectivity index (χ3v) is 3.45. The van der Waals surface area contributed by atoms with E-state index in [2.05, 4.69) is 41.2 Å². The quantitative estimate of drug-likeness (QED) is 0.803. The summed E-state index contributed by atoms with van der Waals surface area (Å²) in [6.07, 6.45) is 5.41. The Morgan fingerprint density at radius 3 is 2.75 bits per heavy atom. The van der Waals surface area contributed by atoms with Gasteiger partial charge in [0.05, 0.1) is 12.3 Å². The molecular weight excluding hydrogens is 250 g/mol. The Kier molecular flexibility index (Phi) is 5.77. The van der Waals surface area contributed by atoms with Gasteiger partial charge < -0.3 is 9.73 Å². The average Bonchev–Trinajstić information content (AvgIpc) is 3.01. The molecule has 1 unspecified atom stereocenters. The van der Waals surface area contributed by atoms with E-state index in [4.69, 9.17) is 4.42 Å².